The van der Waals surface area contributed by atoms with E-state index < -0.39 is 11.9 Å². The van der Waals surface area contributed by atoms with Gasteiger partial charge in [0.25, 0.3) is 0 Å². The predicted octanol–water partition coefficient (Wildman–Crippen LogP) is 3.69. The van der Waals surface area contributed by atoms with E-state index in [0.29, 0.717) is 25.3 Å². The molecule has 7 heteroatoms. The van der Waals surface area contributed by atoms with Gasteiger partial charge in [0.05, 0.1) is 12.6 Å². The number of aromatic amines is 1. The summed E-state index contributed by atoms with van der Waals surface area (Å²) in [4.78, 5) is 20.6. The highest BCUT2D eigenvalue weighted by molar-refractivity contribution is 5.79. The minimum Gasteiger partial charge on any atom is -0.342 e. The fourth-order valence-corrected chi connectivity index (χ4v) is 3.20. The molecule has 3 rings (SSSR count). The van der Waals surface area contributed by atoms with E-state index in [1.165, 1.54) is 0 Å². The Bertz CT molecular complexity index is 754. The van der Waals surface area contributed by atoms with E-state index in [9.17, 15) is 18.0 Å². The molecule has 1 aromatic carbocycles. The number of amides is 1. The number of imidazole rings is 1. The lowest BCUT2D eigenvalue weighted by atomic mass is 9.96. The standard InChI is InChI=1S/C18H20F3N3O/c1-12-5-2-3-6-13(12)9-16(25)24-8-4-7-14(11-24)17-22-10-15(23-17)18(19,20)21/h2-3,5-6,10,14H,4,7-9,11H2,1H3,(H,22,23). The molecule has 0 saturated carbocycles. The molecule has 1 unspecified atom stereocenters. The van der Waals surface area contributed by atoms with Gasteiger partial charge >= 0.3 is 6.18 Å². The van der Waals surface area contributed by atoms with Gasteiger partial charge in [0.2, 0.25) is 5.91 Å². The van der Waals surface area contributed by atoms with Crippen molar-refractivity contribution in [1.82, 2.24) is 14.9 Å². The van der Waals surface area contributed by atoms with Gasteiger partial charge < -0.3 is 9.88 Å². The number of piperidine rings is 1. The van der Waals surface area contributed by atoms with Gasteiger partial charge in [-0.15, -0.1) is 0 Å². The smallest absolute Gasteiger partial charge is 0.342 e. The monoisotopic (exact) mass is 351 g/mol. The van der Waals surface area contributed by atoms with Crippen molar-refractivity contribution in [2.75, 3.05) is 13.1 Å². The number of aryl methyl sites for hydroxylation is 1. The lowest BCUT2D eigenvalue weighted by Crippen LogP contribution is -2.40. The zero-order valence-electron chi connectivity index (χ0n) is 13.9. The molecule has 1 N–H and O–H groups in total. The Kier molecular flexibility index (Phi) is 4.83. The Balaban J connectivity index is 1.67. The van der Waals surface area contributed by atoms with Gasteiger partial charge in [-0.25, -0.2) is 4.98 Å². The van der Waals surface area contributed by atoms with Crippen LogP contribution in [-0.4, -0.2) is 33.9 Å². The summed E-state index contributed by atoms with van der Waals surface area (Å²) in [7, 11) is 0. The normalized spacial score (nSPS) is 18.4. The van der Waals surface area contributed by atoms with Crippen molar-refractivity contribution in [2.24, 2.45) is 0 Å². The van der Waals surface area contributed by atoms with Crippen LogP contribution >= 0.6 is 0 Å². The topological polar surface area (TPSA) is 49.0 Å². The maximum atomic E-state index is 12.7. The number of alkyl halides is 3. The zero-order valence-corrected chi connectivity index (χ0v) is 13.9. The summed E-state index contributed by atoms with van der Waals surface area (Å²) in [5, 5.41) is 0. The van der Waals surface area contributed by atoms with Crippen LogP contribution in [-0.2, 0) is 17.4 Å². The van der Waals surface area contributed by atoms with Crippen molar-refractivity contribution in [1.29, 1.82) is 0 Å². The second kappa shape index (κ2) is 6.90. The SMILES string of the molecule is Cc1ccccc1CC(=O)N1CCCC(c2ncc(C(F)(F)F)[nH]2)C1. The number of benzene rings is 1. The van der Waals surface area contributed by atoms with Crippen LogP contribution in [0.15, 0.2) is 30.5 Å². The number of nitrogens with zero attached hydrogens (tertiary/aromatic N) is 2. The number of carbonyl (C=O) groups excluding carboxylic acids is 1. The van der Waals surface area contributed by atoms with Crippen molar-refractivity contribution >= 4 is 5.91 Å². The highest BCUT2D eigenvalue weighted by Crippen LogP contribution is 2.31. The molecule has 1 saturated heterocycles. The molecular formula is C18H20F3N3O. The van der Waals surface area contributed by atoms with Gasteiger partial charge in [-0.05, 0) is 30.9 Å². The van der Waals surface area contributed by atoms with Crippen molar-refractivity contribution in [3.05, 3.63) is 53.1 Å². The fraction of sp³-hybridized carbons (Fsp3) is 0.444. The lowest BCUT2D eigenvalue weighted by molar-refractivity contribution is -0.141. The van der Waals surface area contributed by atoms with Crippen LogP contribution in [0.4, 0.5) is 13.2 Å². The first kappa shape index (κ1) is 17.5. The number of likely N-dealkylation sites (tertiary alicyclic amines) is 1. The van der Waals surface area contributed by atoms with Crippen molar-refractivity contribution in [3.63, 3.8) is 0 Å². The molecule has 2 heterocycles. The third-order valence-electron chi connectivity index (χ3n) is 4.66. The first-order chi connectivity index (χ1) is 11.8. The molecule has 4 nitrogen and oxygen atoms in total. The number of hydrogen-bond donors (Lipinski definition) is 1. The summed E-state index contributed by atoms with van der Waals surface area (Å²) in [6.07, 6.45) is -1.82. The summed E-state index contributed by atoms with van der Waals surface area (Å²) in [6.45, 7) is 2.99. The Morgan fingerprint density at radius 3 is 2.80 bits per heavy atom. The van der Waals surface area contributed by atoms with E-state index in [1.54, 1.807) is 4.90 Å². The average Bonchev–Trinajstić information content (AvgIpc) is 3.07. The number of H-pyrrole nitrogens is 1. The molecule has 0 spiro atoms. The van der Waals surface area contributed by atoms with E-state index in [-0.39, 0.29) is 11.8 Å². The van der Waals surface area contributed by atoms with Crippen LogP contribution in [0.5, 0.6) is 0 Å². The Morgan fingerprint density at radius 2 is 2.12 bits per heavy atom. The highest BCUT2D eigenvalue weighted by Gasteiger charge is 2.34. The van der Waals surface area contributed by atoms with E-state index >= 15 is 0 Å². The molecule has 1 aliphatic heterocycles. The van der Waals surface area contributed by atoms with Gasteiger partial charge in [-0.2, -0.15) is 13.2 Å². The summed E-state index contributed by atoms with van der Waals surface area (Å²) >= 11 is 0. The van der Waals surface area contributed by atoms with Crippen LogP contribution < -0.4 is 0 Å². The second-order valence-electron chi connectivity index (χ2n) is 6.46. The zero-order chi connectivity index (χ0) is 18.0. The van der Waals surface area contributed by atoms with Gasteiger partial charge in [-0.1, -0.05) is 24.3 Å². The van der Waals surface area contributed by atoms with E-state index in [0.717, 1.165) is 30.2 Å². The average molecular weight is 351 g/mol. The van der Waals surface area contributed by atoms with Crippen molar-refractivity contribution in [3.8, 4) is 0 Å². The molecule has 1 amide bonds. The van der Waals surface area contributed by atoms with Crippen LogP contribution in [0.2, 0.25) is 0 Å². The summed E-state index contributed by atoms with van der Waals surface area (Å²) in [5.74, 6) is 0.119. The Morgan fingerprint density at radius 1 is 1.36 bits per heavy atom. The van der Waals surface area contributed by atoms with Gasteiger partial charge in [-0.3, -0.25) is 4.79 Å². The molecule has 1 fully saturated rings. The van der Waals surface area contributed by atoms with Crippen molar-refractivity contribution < 1.29 is 18.0 Å². The third-order valence-corrected chi connectivity index (χ3v) is 4.66. The number of hydrogen-bond acceptors (Lipinski definition) is 2. The minimum absolute atomic E-state index is 0.00148. The highest BCUT2D eigenvalue weighted by atomic mass is 19.4. The van der Waals surface area contributed by atoms with Gasteiger partial charge in [0, 0.05) is 19.0 Å². The maximum Gasteiger partial charge on any atom is 0.432 e. The number of rotatable bonds is 3. The van der Waals surface area contributed by atoms with Crippen LogP contribution in [0.25, 0.3) is 0 Å². The van der Waals surface area contributed by atoms with Crippen LogP contribution in [0.3, 0.4) is 0 Å². The first-order valence-electron chi connectivity index (χ1n) is 8.29. The molecule has 1 aliphatic rings. The molecule has 1 aromatic heterocycles. The molecule has 25 heavy (non-hydrogen) atoms. The lowest BCUT2D eigenvalue weighted by Gasteiger charge is -2.32. The summed E-state index contributed by atoms with van der Waals surface area (Å²) in [5.41, 5.74) is 1.20. The second-order valence-corrected chi connectivity index (χ2v) is 6.46. The minimum atomic E-state index is -4.43. The molecule has 1 atom stereocenters. The summed E-state index contributed by atoms with van der Waals surface area (Å²) in [6, 6.07) is 7.71. The number of halogens is 3. The molecular weight excluding hydrogens is 331 g/mol. The molecule has 0 bridgehead atoms. The fourth-order valence-electron chi connectivity index (χ4n) is 3.20. The van der Waals surface area contributed by atoms with Crippen LogP contribution in [0.1, 0.15) is 41.4 Å². The van der Waals surface area contributed by atoms with E-state index in [4.69, 9.17) is 0 Å². The number of nitrogens with one attached hydrogen (secondary N) is 1. The van der Waals surface area contributed by atoms with Crippen molar-refractivity contribution in [2.45, 2.75) is 38.3 Å². The maximum absolute atomic E-state index is 12.7. The molecule has 2 aromatic rings. The van der Waals surface area contributed by atoms with E-state index in [1.807, 2.05) is 31.2 Å². The Labute approximate surface area is 144 Å². The largest absolute Gasteiger partial charge is 0.432 e. The number of aromatic nitrogens is 2. The van der Waals surface area contributed by atoms with E-state index in [2.05, 4.69) is 9.97 Å². The first-order valence-corrected chi connectivity index (χ1v) is 8.29. The molecule has 134 valence electrons. The molecule has 0 radical (unpaired) electrons. The Hall–Kier alpha value is -2.31. The quantitative estimate of drug-likeness (QED) is 0.917. The van der Waals surface area contributed by atoms with Crippen LogP contribution in [0, 0.1) is 6.92 Å². The third kappa shape index (κ3) is 4.03. The van der Waals surface area contributed by atoms with Gasteiger partial charge in [0.1, 0.15) is 11.5 Å². The van der Waals surface area contributed by atoms with Gasteiger partial charge in [0.15, 0.2) is 0 Å². The predicted molar refractivity (Wildman–Crippen MR) is 87.0 cm³/mol. The summed E-state index contributed by atoms with van der Waals surface area (Å²) < 4.78 is 38.2. The number of carbonyl (C=O) groups is 1. The molecule has 0 aliphatic carbocycles.